The SMILES string of the molecule is CCc1ccccc1N1CCC(C=O)CC1.Nc1ccc2c(c1)NC(=O)CO2. The molecule has 2 aliphatic heterocycles. The lowest BCUT2D eigenvalue weighted by Crippen LogP contribution is -2.34. The Labute approximate surface area is 165 Å². The molecule has 3 N–H and O–H groups in total. The van der Waals surface area contributed by atoms with E-state index in [0.717, 1.165) is 38.6 Å². The molecule has 2 aromatic rings. The summed E-state index contributed by atoms with van der Waals surface area (Å²) in [6.45, 7) is 4.30. The van der Waals surface area contributed by atoms with Crippen molar-refractivity contribution in [2.24, 2.45) is 5.92 Å². The first-order valence-electron chi connectivity index (χ1n) is 9.71. The standard InChI is InChI=1S/C14H19NO.C8H8N2O2/c1-2-13-5-3-4-6-14(13)15-9-7-12(11-16)8-10-15;9-5-1-2-7-6(3-5)10-8(11)4-12-7/h3-6,11-12H,2,7-10H2,1H3;1-3H,4,9H2,(H,10,11). The third-order valence-corrected chi connectivity index (χ3v) is 5.08. The summed E-state index contributed by atoms with van der Waals surface area (Å²) in [7, 11) is 0. The highest BCUT2D eigenvalue weighted by molar-refractivity contribution is 5.95. The molecule has 0 radical (unpaired) electrons. The Hall–Kier alpha value is -3.02. The second-order valence-electron chi connectivity index (χ2n) is 7.04. The molecule has 1 saturated heterocycles. The number of aldehydes is 1. The summed E-state index contributed by atoms with van der Waals surface area (Å²) in [5.74, 6) is 0.807. The second-order valence-corrected chi connectivity index (χ2v) is 7.04. The molecule has 2 aromatic carbocycles. The lowest BCUT2D eigenvalue weighted by molar-refractivity contribution is -0.118. The fourth-order valence-electron chi connectivity index (χ4n) is 3.50. The van der Waals surface area contributed by atoms with Crippen LogP contribution in [-0.2, 0) is 16.0 Å². The van der Waals surface area contributed by atoms with E-state index in [1.165, 1.54) is 11.3 Å². The number of para-hydroxylation sites is 1. The quantitative estimate of drug-likeness (QED) is 0.630. The van der Waals surface area contributed by atoms with E-state index in [-0.39, 0.29) is 18.4 Å². The zero-order valence-electron chi connectivity index (χ0n) is 16.2. The van der Waals surface area contributed by atoms with Gasteiger partial charge in [-0.25, -0.2) is 0 Å². The van der Waals surface area contributed by atoms with E-state index in [0.29, 0.717) is 17.1 Å². The van der Waals surface area contributed by atoms with Crippen molar-refractivity contribution in [1.82, 2.24) is 0 Å². The molecule has 0 bridgehead atoms. The maximum atomic E-state index is 10.9. The van der Waals surface area contributed by atoms with Crippen molar-refractivity contribution in [1.29, 1.82) is 0 Å². The van der Waals surface area contributed by atoms with Crippen LogP contribution >= 0.6 is 0 Å². The van der Waals surface area contributed by atoms with Crippen molar-refractivity contribution in [3.63, 3.8) is 0 Å². The molecule has 28 heavy (non-hydrogen) atoms. The number of nitrogen functional groups attached to an aromatic ring is 1. The first-order valence-corrected chi connectivity index (χ1v) is 9.71. The van der Waals surface area contributed by atoms with Gasteiger partial charge in [-0.1, -0.05) is 25.1 Å². The van der Waals surface area contributed by atoms with Gasteiger partial charge in [0.15, 0.2) is 6.61 Å². The van der Waals surface area contributed by atoms with E-state index in [2.05, 4.69) is 41.4 Å². The smallest absolute Gasteiger partial charge is 0.262 e. The number of carbonyl (C=O) groups is 2. The summed E-state index contributed by atoms with van der Waals surface area (Å²) in [5, 5.41) is 2.66. The molecule has 6 nitrogen and oxygen atoms in total. The Kier molecular flexibility index (Phi) is 6.53. The first-order chi connectivity index (χ1) is 13.6. The number of aryl methyl sites for hydroxylation is 1. The number of benzene rings is 2. The Morgan fingerprint density at radius 1 is 1.21 bits per heavy atom. The first kappa shape index (κ1) is 19.7. The van der Waals surface area contributed by atoms with Crippen LogP contribution in [0.4, 0.5) is 17.1 Å². The molecule has 0 aliphatic carbocycles. The number of amides is 1. The molecule has 148 valence electrons. The molecule has 0 aromatic heterocycles. The van der Waals surface area contributed by atoms with Gasteiger partial charge in [0.1, 0.15) is 12.0 Å². The number of nitrogens with one attached hydrogen (secondary N) is 1. The molecular weight excluding hydrogens is 354 g/mol. The van der Waals surface area contributed by atoms with Crippen molar-refractivity contribution in [3.8, 4) is 5.75 Å². The number of nitrogens with zero attached hydrogens (tertiary/aromatic N) is 1. The predicted octanol–water partition coefficient (Wildman–Crippen LogP) is 3.26. The van der Waals surface area contributed by atoms with Gasteiger partial charge in [-0.05, 0) is 49.1 Å². The molecule has 2 aliphatic rings. The highest BCUT2D eigenvalue weighted by atomic mass is 16.5. The molecule has 1 fully saturated rings. The van der Waals surface area contributed by atoms with Crippen LogP contribution in [0.15, 0.2) is 42.5 Å². The average molecular weight is 381 g/mol. The van der Waals surface area contributed by atoms with Gasteiger partial charge in [0.25, 0.3) is 5.91 Å². The second kappa shape index (κ2) is 9.26. The zero-order valence-corrected chi connectivity index (χ0v) is 16.2. The zero-order chi connectivity index (χ0) is 19.9. The number of fused-ring (bicyclic) bond motifs is 1. The molecule has 4 rings (SSSR count). The number of hydrogen-bond donors (Lipinski definition) is 2. The monoisotopic (exact) mass is 381 g/mol. The van der Waals surface area contributed by atoms with Crippen LogP contribution in [0.5, 0.6) is 5.75 Å². The Morgan fingerprint density at radius 2 is 1.96 bits per heavy atom. The number of anilines is 3. The van der Waals surface area contributed by atoms with E-state index < -0.39 is 0 Å². The summed E-state index contributed by atoms with van der Waals surface area (Å²) >= 11 is 0. The van der Waals surface area contributed by atoms with Gasteiger partial charge in [-0.15, -0.1) is 0 Å². The van der Waals surface area contributed by atoms with Crippen LogP contribution in [-0.4, -0.2) is 31.9 Å². The van der Waals surface area contributed by atoms with Crippen molar-refractivity contribution in [2.45, 2.75) is 26.2 Å². The van der Waals surface area contributed by atoms with E-state index in [1.54, 1.807) is 18.2 Å². The van der Waals surface area contributed by atoms with Gasteiger partial charge in [0, 0.05) is 30.4 Å². The van der Waals surface area contributed by atoms with Crippen molar-refractivity contribution in [3.05, 3.63) is 48.0 Å². The number of nitrogens with two attached hydrogens (primary N) is 1. The molecule has 0 unspecified atom stereocenters. The minimum absolute atomic E-state index is 0.0803. The van der Waals surface area contributed by atoms with Crippen LogP contribution in [0.1, 0.15) is 25.3 Å². The van der Waals surface area contributed by atoms with Gasteiger partial charge in [-0.2, -0.15) is 0 Å². The van der Waals surface area contributed by atoms with Crippen LogP contribution < -0.4 is 20.7 Å². The van der Waals surface area contributed by atoms with Gasteiger partial charge >= 0.3 is 0 Å². The number of rotatable bonds is 3. The Bertz CT molecular complexity index is 830. The topological polar surface area (TPSA) is 84.7 Å². The summed E-state index contributed by atoms with van der Waals surface area (Å²) in [4.78, 5) is 24.0. The van der Waals surface area contributed by atoms with Gasteiger partial charge in [0.2, 0.25) is 0 Å². The van der Waals surface area contributed by atoms with Crippen molar-refractivity contribution >= 4 is 29.3 Å². The number of hydrogen-bond acceptors (Lipinski definition) is 5. The van der Waals surface area contributed by atoms with Crippen molar-refractivity contribution in [2.75, 3.05) is 35.6 Å². The maximum absolute atomic E-state index is 10.9. The fourth-order valence-corrected chi connectivity index (χ4v) is 3.50. The number of carbonyl (C=O) groups excluding carboxylic acids is 2. The lowest BCUT2D eigenvalue weighted by Gasteiger charge is -2.32. The summed E-state index contributed by atoms with van der Waals surface area (Å²) < 4.78 is 5.12. The highest BCUT2D eigenvalue weighted by Crippen LogP contribution is 2.29. The van der Waals surface area contributed by atoms with Crippen LogP contribution in [0.3, 0.4) is 0 Å². The van der Waals surface area contributed by atoms with Gasteiger partial charge in [0.05, 0.1) is 5.69 Å². The Morgan fingerprint density at radius 3 is 2.68 bits per heavy atom. The maximum Gasteiger partial charge on any atom is 0.262 e. The minimum atomic E-state index is -0.145. The number of piperidine rings is 1. The largest absolute Gasteiger partial charge is 0.482 e. The normalized spacial score (nSPS) is 16.2. The molecular formula is C22H27N3O3. The van der Waals surface area contributed by atoms with Gasteiger partial charge in [-0.3, -0.25) is 4.79 Å². The highest BCUT2D eigenvalue weighted by Gasteiger charge is 2.19. The molecule has 1 amide bonds. The van der Waals surface area contributed by atoms with E-state index in [4.69, 9.17) is 10.5 Å². The third kappa shape index (κ3) is 4.82. The molecule has 0 saturated carbocycles. The number of ether oxygens (including phenoxy) is 1. The van der Waals surface area contributed by atoms with E-state index in [1.807, 2.05) is 0 Å². The van der Waals surface area contributed by atoms with E-state index >= 15 is 0 Å². The fraction of sp³-hybridized carbons (Fsp3) is 0.364. The third-order valence-electron chi connectivity index (χ3n) is 5.08. The Balaban J connectivity index is 0.000000167. The van der Waals surface area contributed by atoms with Crippen LogP contribution in [0.2, 0.25) is 0 Å². The summed E-state index contributed by atoms with van der Waals surface area (Å²) in [6.07, 6.45) is 4.19. The van der Waals surface area contributed by atoms with Crippen LogP contribution in [0.25, 0.3) is 0 Å². The molecule has 0 atom stereocenters. The summed E-state index contributed by atoms with van der Waals surface area (Å²) in [6, 6.07) is 13.7. The lowest BCUT2D eigenvalue weighted by atomic mass is 9.97. The summed E-state index contributed by atoms with van der Waals surface area (Å²) in [5.41, 5.74) is 9.54. The molecule has 2 heterocycles. The molecule has 0 spiro atoms. The van der Waals surface area contributed by atoms with Crippen molar-refractivity contribution < 1.29 is 14.3 Å². The van der Waals surface area contributed by atoms with Gasteiger partial charge < -0.3 is 25.5 Å². The van der Waals surface area contributed by atoms with Crippen LogP contribution in [0, 0.1) is 5.92 Å². The minimum Gasteiger partial charge on any atom is -0.482 e. The average Bonchev–Trinajstić information content (AvgIpc) is 2.74. The predicted molar refractivity (Wildman–Crippen MR) is 112 cm³/mol. The molecule has 6 heteroatoms. The van der Waals surface area contributed by atoms with E-state index in [9.17, 15) is 9.59 Å².